The van der Waals surface area contributed by atoms with Crippen molar-refractivity contribution in [3.8, 4) is 0 Å². The van der Waals surface area contributed by atoms with Gasteiger partial charge in [-0.1, -0.05) is 66.7 Å². The van der Waals surface area contributed by atoms with Gasteiger partial charge in [0.1, 0.15) is 0 Å². The van der Waals surface area contributed by atoms with Gasteiger partial charge in [0.25, 0.3) is 0 Å². The summed E-state index contributed by atoms with van der Waals surface area (Å²) in [5.74, 6) is 0. The number of hydrogen-bond donors (Lipinski definition) is 2. The van der Waals surface area contributed by atoms with Crippen LogP contribution in [0.1, 0.15) is 48.1 Å². The lowest BCUT2D eigenvalue weighted by Gasteiger charge is -2.07. The van der Waals surface area contributed by atoms with Crippen molar-refractivity contribution in [2.45, 2.75) is 51.6 Å². The summed E-state index contributed by atoms with van der Waals surface area (Å²) in [6.45, 7) is 3.84. The lowest BCUT2D eigenvalue weighted by atomic mass is 10.1. The zero-order valence-electron chi connectivity index (χ0n) is 18.0. The largest absolute Gasteiger partial charge is 0.313 e. The van der Waals surface area contributed by atoms with E-state index in [1.165, 1.54) is 42.4 Å². The first-order chi connectivity index (χ1) is 14.9. The van der Waals surface area contributed by atoms with Crippen LogP contribution in [-0.2, 0) is 25.9 Å². The minimum atomic E-state index is 0.846. The van der Waals surface area contributed by atoms with Crippen LogP contribution in [0, 0.1) is 0 Å². The molecule has 158 valence electrons. The van der Waals surface area contributed by atoms with E-state index in [2.05, 4.69) is 88.4 Å². The maximum atomic E-state index is 4.60. The van der Waals surface area contributed by atoms with Gasteiger partial charge in [0, 0.05) is 19.3 Å². The number of unbranched alkanes of at least 4 members (excludes halogenated alkanes) is 2. The third-order valence-electron chi connectivity index (χ3n) is 5.34. The van der Waals surface area contributed by atoms with Crippen LogP contribution in [0.3, 0.4) is 0 Å². The maximum Gasteiger partial charge on any atom is 0.0541 e. The molecule has 0 atom stereocenters. The first-order valence-electron chi connectivity index (χ1n) is 11.3. The van der Waals surface area contributed by atoms with Crippen molar-refractivity contribution in [1.82, 2.24) is 15.6 Å². The van der Waals surface area contributed by atoms with Gasteiger partial charge in [-0.2, -0.15) is 0 Å². The Hall–Kier alpha value is -2.49. The maximum absolute atomic E-state index is 4.60. The number of aryl methyl sites for hydroxylation is 2. The van der Waals surface area contributed by atoms with Gasteiger partial charge in [-0.05, 0) is 74.4 Å². The molecule has 0 unspecified atom stereocenters. The van der Waals surface area contributed by atoms with Crippen LogP contribution in [0.15, 0.2) is 79.0 Å². The average molecular weight is 402 g/mol. The lowest BCUT2D eigenvalue weighted by Crippen LogP contribution is -2.17. The summed E-state index contributed by atoms with van der Waals surface area (Å²) in [5.41, 5.74) is 5.23. The first-order valence-corrected chi connectivity index (χ1v) is 11.3. The molecule has 0 fully saturated rings. The quantitative estimate of drug-likeness (QED) is 0.360. The SMILES string of the molecule is c1ccc(CCCCNCc2ccc(CNCCCCc3ccccc3)nc2)cc1. The van der Waals surface area contributed by atoms with E-state index in [0.717, 1.165) is 44.7 Å². The van der Waals surface area contributed by atoms with E-state index in [1.807, 2.05) is 6.20 Å². The van der Waals surface area contributed by atoms with Crippen molar-refractivity contribution in [2.75, 3.05) is 13.1 Å². The molecule has 3 rings (SSSR count). The molecule has 1 aromatic heterocycles. The molecular weight excluding hydrogens is 366 g/mol. The van der Waals surface area contributed by atoms with E-state index in [0.29, 0.717) is 0 Å². The Morgan fingerprint density at radius 3 is 1.63 bits per heavy atom. The highest BCUT2D eigenvalue weighted by Gasteiger charge is 1.98. The third-order valence-corrected chi connectivity index (χ3v) is 5.34. The fourth-order valence-electron chi connectivity index (χ4n) is 3.56. The molecule has 0 aliphatic carbocycles. The summed E-state index contributed by atoms with van der Waals surface area (Å²) in [5, 5.41) is 7.04. The monoisotopic (exact) mass is 401 g/mol. The van der Waals surface area contributed by atoms with Crippen molar-refractivity contribution in [3.63, 3.8) is 0 Å². The van der Waals surface area contributed by atoms with Crippen LogP contribution < -0.4 is 10.6 Å². The first kappa shape index (κ1) is 22.2. The molecule has 0 saturated carbocycles. The summed E-state index contributed by atoms with van der Waals surface area (Å²) in [6.07, 6.45) is 9.18. The van der Waals surface area contributed by atoms with Gasteiger partial charge in [-0.25, -0.2) is 0 Å². The Bertz CT molecular complexity index is 730. The highest BCUT2D eigenvalue weighted by Crippen LogP contribution is 2.06. The third kappa shape index (κ3) is 8.89. The summed E-state index contributed by atoms with van der Waals surface area (Å²) in [6, 6.07) is 25.8. The zero-order valence-corrected chi connectivity index (χ0v) is 18.0. The second-order valence-corrected chi connectivity index (χ2v) is 7.90. The number of nitrogens with zero attached hydrogens (tertiary/aromatic N) is 1. The number of benzene rings is 2. The standard InChI is InChI=1S/C27H35N3/c1-3-11-24(12-4-1)15-7-9-19-28-21-26-17-18-27(30-22-26)23-29-20-10-8-16-25-13-5-2-6-14-25/h1-6,11-14,17-18,22,28-29H,7-10,15-16,19-21,23H2. The topological polar surface area (TPSA) is 37.0 Å². The second kappa shape index (κ2) is 13.7. The number of aromatic nitrogens is 1. The van der Waals surface area contributed by atoms with E-state index >= 15 is 0 Å². The fourth-order valence-corrected chi connectivity index (χ4v) is 3.56. The minimum absolute atomic E-state index is 0.846. The lowest BCUT2D eigenvalue weighted by molar-refractivity contribution is 0.612. The Labute approximate surface area is 182 Å². The molecule has 0 radical (unpaired) electrons. The highest BCUT2D eigenvalue weighted by atomic mass is 14.9. The molecule has 0 aliphatic rings. The van der Waals surface area contributed by atoms with Crippen molar-refractivity contribution in [1.29, 1.82) is 0 Å². The Balaban J connectivity index is 1.20. The summed E-state index contributed by atoms with van der Waals surface area (Å²) < 4.78 is 0. The smallest absolute Gasteiger partial charge is 0.0541 e. The van der Waals surface area contributed by atoms with Gasteiger partial charge in [0.15, 0.2) is 0 Å². The summed E-state index contributed by atoms with van der Waals surface area (Å²) in [7, 11) is 0. The van der Waals surface area contributed by atoms with E-state index in [1.54, 1.807) is 0 Å². The number of nitrogens with one attached hydrogen (secondary N) is 2. The molecule has 30 heavy (non-hydrogen) atoms. The average Bonchev–Trinajstić information content (AvgIpc) is 2.81. The molecule has 0 aliphatic heterocycles. The van der Waals surface area contributed by atoms with E-state index in [4.69, 9.17) is 0 Å². The highest BCUT2D eigenvalue weighted by molar-refractivity contribution is 5.16. The molecule has 3 aromatic rings. The van der Waals surface area contributed by atoms with Gasteiger partial charge in [-0.3, -0.25) is 4.98 Å². The summed E-state index contributed by atoms with van der Waals surface area (Å²) >= 11 is 0. The van der Waals surface area contributed by atoms with Gasteiger partial charge >= 0.3 is 0 Å². The van der Waals surface area contributed by atoms with Crippen molar-refractivity contribution < 1.29 is 0 Å². The van der Waals surface area contributed by atoms with Crippen LogP contribution in [0.4, 0.5) is 0 Å². The van der Waals surface area contributed by atoms with E-state index in [9.17, 15) is 0 Å². The van der Waals surface area contributed by atoms with Gasteiger partial charge in [0.05, 0.1) is 5.69 Å². The molecule has 3 heteroatoms. The molecule has 0 spiro atoms. The summed E-state index contributed by atoms with van der Waals surface area (Å²) in [4.78, 5) is 4.60. The Morgan fingerprint density at radius 1 is 0.533 bits per heavy atom. The van der Waals surface area contributed by atoms with Gasteiger partial charge in [0.2, 0.25) is 0 Å². The molecule has 1 heterocycles. The predicted molar refractivity (Wildman–Crippen MR) is 126 cm³/mol. The van der Waals surface area contributed by atoms with E-state index < -0.39 is 0 Å². The van der Waals surface area contributed by atoms with Crippen LogP contribution in [0.2, 0.25) is 0 Å². The number of pyridine rings is 1. The molecule has 0 saturated heterocycles. The van der Waals surface area contributed by atoms with Crippen molar-refractivity contribution in [3.05, 3.63) is 101 Å². The van der Waals surface area contributed by atoms with E-state index in [-0.39, 0.29) is 0 Å². The van der Waals surface area contributed by atoms with Crippen LogP contribution in [0.5, 0.6) is 0 Å². The van der Waals surface area contributed by atoms with Crippen molar-refractivity contribution in [2.24, 2.45) is 0 Å². The minimum Gasteiger partial charge on any atom is -0.313 e. The van der Waals surface area contributed by atoms with Gasteiger partial charge < -0.3 is 10.6 Å². The zero-order chi connectivity index (χ0) is 20.7. The predicted octanol–water partition coefficient (Wildman–Crippen LogP) is 5.31. The molecular formula is C27H35N3. The fraction of sp³-hybridized carbons (Fsp3) is 0.370. The molecule has 0 bridgehead atoms. The molecule has 2 N–H and O–H groups in total. The molecule has 3 nitrogen and oxygen atoms in total. The molecule has 2 aromatic carbocycles. The number of hydrogen-bond acceptors (Lipinski definition) is 3. The van der Waals surface area contributed by atoms with Crippen LogP contribution in [-0.4, -0.2) is 18.1 Å². The molecule has 0 amide bonds. The van der Waals surface area contributed by atoms with Gasteiger partial charge in [-0.15, -0.1) is 0 Å². The second-order valence-electron chi connectivity index (χ2n) is 7.90. The number of rotatable bonds is 14. The van der Waals surface area contributed by atoms with Crippen molar-refractivity contribution >= 4 is 0 Å². The van der Waals surface area contributed by atoms with Crippen LogP contribution in [0.25, 0.3) is 0 Å². The Morgan fingerprint density at radius 2 is 1.10 bits per heavy atom. The Kier molecular flexibility index (Phi) is 10.1. The van der Waals surface area contributed by atoms with Crippen LogP contribution >= 0.6 is 0 Å². The normalized spacial score (nSPS) is 10.9.